The van der Waals surface area contributed by atoms with Gasteiger partial charge in [0.1, 0.15) is 5.76 Å². The third kappa shape index (κ3) is 3.14. The molecule has 126 valence electrons. The van der Waals surface area contributed by atoms with E-state index in [0.717, 1.165) is 19.3 Å². The number of carbonyl (C=O) groups excluding carboxylic acids is 1. The molecule has 0 N–H and O–H groups in total. The lowest BCUT2D eigenvalue weighted by Gasteiger charge is -2.32. The maximum atomic E-state index is 12.6. The molecule has 6 nitrogen and oxygen atoms in total. The molecule has 1 fully saturated rings. The molecular weight excluding hydrogens is 332 g/mol. The Kier molecular flexibility index (Phi) is 4.57. The highest BCUT2D eigenvalue weighted by atomic mass is 35.5. The number of carbonyl (C=O) groups is 1. The zero-order valence-electron chi connectivity index (χ0n) is 13.2. The highest BCUT2D eigenvalue weighted by Crippen LogP contribution is 2.33. The molecule has 0 spiro atoms. The first-order valence-corrected chi connectivity index (χ1v) is 8.20. The van der Waals surface area contributed by atoms with E-state index in [4.69, 9.17) is 16.0 Å². The molecule has 1 amide bonds. The van der Waals surface area contributed by atoms with Gasteiger partial charge in [0.05, 0.1) is 9.95 Å². The highest BCUT2D eigenvalue weighted by Gasteiger charge is 2.26. The van der Waals surface area contributed by atoms with Crippen LogP contribution in [0.1, 0.15) is 36.7 Å². The van der Waals surface area contributed by atoms with Crippen molar-refractivity contribution in [2.24, 2.45) is 0 Å². The second-order valence-corrected chi connectivity index (χ2v) is 6.34. The van der Waals surface area contributed by atoms with Crippen LogP contribution in [-0.2, 0) is 0 Å². The lowest BCUT2D eigenvalue weighted by molar-refractivity contribution is -0.384. The number of rotatable bonds is 3. The Balaban J connectivity index is 1.89. The zero-order valence-corrected chi connectivity index (χ0v) is 14.0. The first-order chi connectivity index (χ1) is 11.5. The van der Waals surface area contributed by atoms with Crippen molar-refractivity contribution in [3.8, 4) is 11.3 Å². The van der Waals surface area contributed by atoms with Gasteiger partial charge in [-0.15, -0.1) is 0 Å². The Bertz CT molecular complexity index is 787. The van der Waals surface area contributed by atoms with Crippen molar-refractivity contribution in [2.45, 2.75) is 32.2 Å². The maximum absolute atomic E-state index is 12.6. The number of benzene rings is 1. The molecule has 0 aliphatic carbocycles. The van der Waals surface area contributed by atoms with Crippen LogP contribution in [0.4, 0.5) is 5.69 Å². The minimum atomic E-state index is -0.496. The average Bonchev–Trinajstić information content (AvgIpc) is 3.04. The van der Waals surface area contributed by atoms with Crippen LogP contribution in [0.5, 0.6) is 0 Å². The van der Waals surface area contributed by atoms with Crippen LogP contribution < -0.4 is 0 Å². The van der Waals surface area contributed by atoms with Gasteiger partial charge in [0.2, 0.25) is 0 Å². The van der Waals surface area contributed by atoms with Gasteiger partial charge < -0.3 is 9.32 Å². The summed E-state index contributed by atoms with van der Waals surface area (Å²) in [5.41, 5.74) is 0.319. The van der Waals surface area contributed by atoms with Gasteiger partial charge in [0, 0.05) is 30.3 Å². The smallest absolute Gasteiger partial charge is 0.289 e. The summed E-state index contributed by atoms with van der Waals surface area (Å²) >= 11 is 6.12. The number of nitrogens with zero attached hydrogens (tertiary/aromatic N) is 2. The molecule has 0 radical (unpaired) electrons. The second-order valence-electron chi connectivity index (χ2n) is 5.93. The van der Waals surface area contributed by atoms with Crippen molar-refractivity contribution in [3.63, 3.8) is 0 Å². The van der Waals surface area contributed by atoms with Crippen LogP contribution >= 0.6 is 11.6 Å². The summed E-state index contributed by atoms with van der Waals surface area (Å²) in [4.78, 5) is 24.8. The van der Waals surface area contributed by atoms with Gasteiger partial charge in [0.15, 0.2) is 5.76 Å². The molecule has 2 aromatic rings. The minimum Gasteiger partial charge on any atom is -0.451 e. The monoisotopic (exact) mass is 348 g/mol. The zero-order chi connectivity index (χ0) is 17.3. The Hall–Kier alpha value is -2.34. The summed E-state index contributed by atoms with van der Waals surface area (Å²) in [6, 6.07) is 7.52. The maximum Gasteiger partial charge on any atom is 0.289 e. The third-order valence-corrected chi connectivity index (χ3v) is 4.64. The van der Waals surface area contributed by atoms with Gasteiger partial charge in [-0.1, -0.05) is 11.6 Å². The van der Waals surface area contributed by atoms with Gasteiger partial charge in [-0.3, -0.25) is 14.9 Å². The summed E-state index contributed by atoms with van der Waals surface area (Å²) in [5.74, 6) is 0.410. The highest BCUT2D eigenvalue weighted by molar-refractivity contribution is 6.33. The van der Waals surface area contributed by atoms with E-state index in [0.29, 0.717) is 22.9 Å². The largest absolute Gasteiger partial charge is 0.451 e. The summed E-state index contributed by atoms with van der Waals surface area (Å²) in [6.07, 6.45) is 3.09. The van der Waals surface area contributed by atoms with Crippen LogP contribution in [0.15, 0.2) is 34.7 Å². The molecule has 1 aromatic carbocycles. The van der Waals surface area contributed by atoms with Crippen LogP contribution in [0.3, 0.4) is 0 Å². The molecule has 7 heteroatoms. The van der Waals surface area contributed by atoms with Gasteiger partial charge in [-0.25, -0.2) is 0 Å². The fourth-order valence-electron chi connectivity index (χ4n) is 2.95. The van der Waals surface area contributed by atoms with Crippen LogP contribution in [-0.4, -0.2) is 28.3 Å². The normalized spacial score (nSPS) is 17.8. The molecule has 0 unspecified atom stereocenters. The lowest BCUT2D eigenvalue weighted by Crippen LogP contribution is -2.41. The number of hydrogen-bond acceptors (Lipinski definition) is 4. The molecule has 1 saturated heterocycles. The molecule has 3 rings (SSSR count). The number of furan rings is 1. The summed E-state index contributed by atoms with van der Waals surface area (Å²) < 4.78 is 5.65. The first-order valence-electron chi connectivity index (χ1n) is 7.82. The third-order valence-electron chi connectivity index (χ3n) is 4.31. The number of halogens is 1. The average molecular weight is 349 g/mol. The summed E-state index contributed by atoms with van der Waals surface area (Å²) in [6.45, 7) is 2.74. The number of amides is 1. The minimum absolute atomic E-state index is 0.0803. The first kappa shape index (κ1) is 16.5. The molecule has 24 heavy (non-hydrogen) atoms. The Labute approximate surface area is 144 Å². The number of non-ortho nitro benzene ring substituents is 1. The molecular formula is C17H17ClN2O4. The number of hydrogen-bond donors (Lipinski definition) is 0. The Morgan fingerprint density at radius 3 is 2.83 bits per heavy atom. The molecule has 1 atom stereocenters. The number of likely N-dealkylation sites (tertiary alicyclic amines) is 1. The van der Waals surface area contributed by atoms with Gasteiger partial charge in [0.25, 0.3) is 11.6 Å². The van der Waals surface area contributed by atoms with E-state index in [2.05, 4.69) is 0 Å². The van der Waals surface area contributed by atoms with E-state index in [-0.39, 0.29) is 23.4 Å². The van der Waals surface area contributed by atoms with Gasteiger partial charge in [-0.2, -0.15) is 0 Å². The number of nitro groups is 1. The molecule has 1 aromatic heterocycles. The molecule has 0 bridgehead atoms. The second kappa shape index (κ2) is 6.65. The van der Waals surface area contributed by atoms with Crippen molar-refractivity contribution in [1.29, 1.82) is 0 Å². The van der Waals surface area contributed by atoms with Gasteiger partial charge in [-0.05, 0) is 44.4 Å². The van der Waals surface area contributed by atoms with Crippen molar-refractivity contribution in [1.82, 2.24) is 4.90 Å². The predicted molar refractivity (Wildman–Crippen MR) is 90.2 cm³/mol. The Morgan fingerprint density at radius 1 is 1.33 bits per heavy atom. The fraction of sp³-hybridized carbons (Fsp3) is 0.353. The van der Waals surface area contributed by atoms with Crippen molar-refractivity contribution < 1.29 is 14.1 Å². The van der Waals surface area contributed by atoms with Crippen LogP contribution in [0.2, 0.25) is 5.02 Å². The molecule has 1 aliphatic heterocycles. The molecule has 0 saturated carbocycles. The standard InChI is InChI=1S/C17H17ClN2O4/c1-11-4-2-3-9-19(11)17(21)16-8-7-15(24-16)13-10-12(20(22)23)5-6-14(13)18/h5-8,10-11H,2-4,9H2,1H3/t11-/m1/s1. The number of piperidine rings is 1. The predicted octanol–water partition coefficient (Wildman–Crippen LogP) is 4.52. The summed E-state index contributed by atoms with van der Waals surface area (Å²) in [7, 11) is 0. The molecule has 2 heterocycles. The van der Waals surface area contributed by atoms with E-state index in [1.807, 2.05) is 6.92 Å². The fourth-order valence-corrected chi connectivity index (χ4v) is 3.17. The lowest BCUT2D eigenvalue weighted by atomic mass is 10.0. The number of nitro benzene ring substituents is 1. The molecule has 1 aliphatic rings. The van der Waals surface area contributed by atoms with E-state index >= 15 is 0 Å². The van der Waals surface area contributed by atoms with Crippen LogP contribution in [0.25, 0.3) is 11.3 Å². The Morgan fingerprint density at radius 2 is 2.12 bits per heavy atom. The van der Waals surface area contributed by atoms with Crippen molar-refractivity contribution in [2.75, 3.05) is 6.54 Å². The van der Waals surface area contributed by atoms with E-state index in [1.165, 1.54) is 18.2 Å². The topological polar surface area (TPSA) is 76.6 Å². The van der Waals surface area contributed by atoms with Gasteiger partial charge >= 0.3 is 0 Å². The van der Waals surface area contributed by atoms with Crippen molar-refractivity contribution >= 4 is 23.2 Å². The van der Waals surface area contributed by atoms with E-state index in [1.54, 1.807) is 17.0 Å². The van der Waals surface area contributed by atoms with Crippen molar-refractivity contribution in [3.05, 3.63) is 51.2 Å². The van der Waals surface area contributed by atoms with E-state index in [9.17, 15) is 14.9 Å². The van der Waals surface area contributed by atoms with Crippen LogP contribution in [0, 0.1) is 10.1 Å². The SMILES string of the molecule is C[C@@H]1CCCCN1C(=O)c1ccc(-c2cc([N+](=O)[O-])ccc2Cl)o1. The summed E-state index contributed by atoms with van der Waals surface area (Å²) in [5, 5.41) is 11.3. The quantitative estimate of drug-likeness (QED) is 0.603. The van der Waals surface area contributed by atoms with E-state index < -0.39 is 4.92 Å².